The van der Waals surface area contributed by atoms with E-state index >= 15 is 0 Å². The molecule has 0 fully saturated rings. The Bertz CT molecular complexity index is 828. The van der Waals surface area contributed by atoms with E-state index in [9.17, 15) is 8.42 Å². The minimum absolute atomic E-state index is 0.0411. The van der Waals surface area contributed by atoms with Crippen molar-refractivity contribution in [3.63, 3.8) is 0 Å². The molecule has 0 spiro atoms. The van der Waals surface area contributed by atoms with Gasteiger partial charge in [0.25, 0.3) is 10.0 Å². The number of hydrogen-bond acceptors (Lipinski definition) is 5. The smallest absolute Gasteiger partial charge is 0.265 e. The Hall–Kier alpha value is -1.70. The number of ether oxygens (including phenoxy) is 2. The summed E-state index contributed by atoms with van der Waals surface area (Å²) in [5.74, 6) is 0.914. The molecule has 0 unspecified atom stereocenters. The van der Waals surface area contributed by atoms with Gasteiger partial charge in [0.15, 0.2) is 11.5 Å². The van der Waals surface area contributed by atoms with Crippen LogP contribution in [0.3, 0.4) is 0 Å². The summed E-state index contributed by atoms with van der Waals surface area (Å²) in [6, 6.07) is 6.03. The normalized spacial score (nSPS) is 11.2. The second kappa shape index (κ2) is 6.82. The molecule has 1 aromatic heterocycles. The summed E-state index contributed by atoms with van der Waals surface area (Å²) in [5, 5.41) is 0.104. The van der Waals surface area contributed by atoms with Gasteiger partial charge in [-0.2, -0.15) is 0 Å². The highest BCUT2D eigenvalue weighted by Gasteiger charge is 2.23. The maximum Gasteiger partial charge on any atom is 0.265 e. The number of sulfonamides is 1. The summed E-state index contributed by atoms with van der Waals surface area (Å²) in [5.41, 5.74) is 0.397. The summed E-state index contributed by atoms with van der Waals surface area (Å²) in [7, 11) is 0.542. The molecule has 0 aliphatic carbocycles. The SMILES string of the molecule is COc1ccc(N(C)S(=O)(=O)c2cnc(Cl)c(Cl)c2)cc1OC. The van der Waals surface area contributed by atoms with Crippen LogP contribution in [-0.4, -0.2) is 34.7 Å². The van der Waals surface area contributed by atoms with Gasteiger partial charge in [0.05, 0.1) is 24.9 Å². The number of aromatic nitrogens is 1. The van der Waals surface area contributed by atoms with Crippen LogP contribution in [0.1, 0.15) is 0 Å². The van der Waals surface area contributed by atoms with Crippen molar-refractivity contribution in [3.8, 4) is 11.5 Å². The minimum Gasteiger partial charge on any atom is -0.493 e. The third kappa shape index (κ3) is 3.46. The van der Waals surface area contributed by atoms with E-state index in [-0.39, 0.29) is 15.1 Å². The number of benzene rings is 1. The van der Waals surface area contributed by atoms with Gasteiger partial charge < -0.3 is 9.47 Å². The van der Waals surface area contributed by atoms with Crippen LogP contribution < -0.4 is 13.8 Å². The number of methoxy groups -OCH3 is 2. The molecule has 0 saturated heterocycles. The van der Waals surface area contributed by atoms with E-state index in [0.717, 1.165) is 10.5 Å². The number of halogens is 2. The monoisotopic (exact) mass is 376 g/mol. The second-order valence-electron chi connectivity index (χ2n) is 4.46. The second-order valence-corrected chi connectivity index (χ2v) is 7.19. The molecular formula is C14H14Cl2N2O4S. The van der Waals surface area contributed by atoms with Crippen molar-refractivity contribution in [3.05, 3.63) is 40.6 Å². The van der Waals surface area contributed by atoms with E-state index in [0.29, 0.717) is 17.2 Å². The van der Waals surface area contributed by atoms with Crippen molar-refractivity contribution >= 4 is 38.9 Å². The lowest BCUT2D eigenvalue weighted by atomic mass is 10.3. The molecule has 2 aromatic rings. The van der Waals surface area contributed by atoms with Crippen molar-refractivity contribution in [2.45, 2.75) is 4.90 Å². The van der Waals surface area contributed by atoms with Gasteiger partial charge in [-0.25, -0.2) is 13.4 Å². The van der Waals surface area contributed by atoms with E-state index in [1.54, 1.807) is 18.2 Å². The molecule has 0 bridgehead atoms. The van der Waals surface area contributed by atoms with Gasteiger partial charge in [-0.15, -0.1) is 0 Å². The zero-order chi connectivity index (χ0) is 17.2. The molecule has 0 N–H and O–H groups in total. The van der Waals surface area contributed by atoms with Crippen LogP contribution >= 0.6 is 23.2 Å². The average Bonchev–Trinajstić information content (AvgIpc) is 2.55. The van der Waals surface area contributed by atoms with Crippen LogP contribution in [0.25, 0.3) is 0 Å². The highest BCUT2D eigenvalue weighted by atomic mass is 35.5. The first-order valence-electron chi connectivity index (χ1n) is 6.33. The Morgan fingerprint density at radius 3 is 2.30 bits per heavy atom. The quantitative estimate of drug-likeness (QED) is 0.749. The van der Waals surface area contributed by atoms with E-state index in [2.05, 4.69) is 4.98 Å². The predicted octanol–water partition coefficient (Wildman–Crippen LogP) is 3.23. The third-order valence-corrected chi connectivity index (χ3v) is 5.60. The van der Waals surface area contributed by atoms with Crippen LogP contribution in [0.2, 0.25) is 10.2 Å². The van der Waals surface area contributed by atoms with E-state index in [4.69, 9.17) is 32.7 Å². The van der Waals surface area contributed by atoms with Crippen LogP contribution in [0.15, 0.2) is 35.4 Å². The Morgan fingerprint density at radius 1 is 1.09 bits per heavy atom. The molecule has 0 radical (unpaired) electrons. The van der Waals surface area contributed by atoms with Gasteiger partial charge >= 0.3 is 0 Å². The number of rotatable bonds is 5. The van der Waals surface area contributed by atoms with Crippen LogP contribution in [0.5, 0.6) is 11.5 Å². The van der Waals surface area contributed by atoms with Gasteiger partial charge in [-0.3, -0.25) is 4.31 Å². The lowest BCUT2D eigenvalue weighted by molar-refractivity contribution is 0.355. The highest BCUT2D eigenvalue weighted by Crippen LogP contribution is 2.33. The van der Waals surface area contributed by atoms with Gasteiger partial charge in [-0.1, -0.05) is 23.2 Å². The highest BCUT2D eigenvalue weighted by molar-refractivity contribution is 7.92. The fourth-order valence-corrected chi connectivity index (χ4v) is 3.36. The molecule has 0 saturated carbocycles. The summed E-state index contributed by atoms with van der Waals surface area (Å²) >= 11 is 11.6. The molecule has 9 heteroatoms. The number of nitrogens with zero attached hydrogens (tertiary/aromatic N) is 2. The van der Waals surface area contributed by atoms with E-state index in [1.165, 1.54) is 27.3 Å². The fourth-order valence-electron chi connectivity index (χ4n) is 1.86. The van der Waals surface area contributed by atoms with Crippen molar-refractivity contribution < 1.29 is 17.9 Å². The molecule has 0 aliphatic heterocycles. The van der Waals surface area contributed by atoms with Crippen LogP contribution in [0, 0.1) is 0 Å². The third-order valence-electron chi connectivity index (χ3n) is 3.16. The molecule has 124 valence electrons. The summed E-state index contributed by atoms with van der Waals surface area (Å²) in [6.07, 6.45) is 1.15. The van der Waals surface area contributed by atoms with Gasteiger partial charge in [-0.05, 0) is 18.2 Å². The molecule has 0 aliphatic rings. The van der Waals surface area contributed by atoms with Crippen LogP contribution in [-0.2, 0) is 10.0 Å². The van der Waals surface area contributed by atoms with Crippen LogP contribution in [0.4, 0.5) is 5.69 Å². The molecular weight excluding hydrogens is 363 g/mol. The standard InChI is InChI=1S/C14H14Cl2N2O4S/c1-18(9-4-5-12(21-2)13(6-9)22-3)23(19,20)10-7-11(15)14(16)17-8-10/h4-8H,1-3H3. The fraction of sp³-hybridized carbons (Fsp3) is 0.214. The van der Waals surface area contributed by atoms with Crippen molar-refractivity contribution in [2.75, 3.05) is 25.6 Å². The Kier molecular flexibility index (Phi) is 5.23. The Balaban J connectivity index is 2.45. The molecule has 0 atom stereocenters. The first-order chi connectivity index (χ1) is 10.8. The van der Waals surface area contributed by atoms with E-state index < -0.39 is 10.0 Å². The lowest BCUT2D eigenvalue weighted by Crippen LogP contribution is -2.26. The average molecular weight is 377 g/mol. The van der Waals surface area contributed by atoms with Gasteiger partial charge in [0, 0.05) is 19.3 Å². The first kappa shape index (κ1) is 17.7. The zero-order valence-corrected chi connectivity index (χ0v) is 14.9. The maximum absolute atomic E-state index is 12.7. The predicted molar refractivity (Wildman–Crippen MR) is 89.4 cm³/mol. The summed E-state index contributed by atoms with van der Waals surface area (Å²) in [4.78, 5) is 3.70. The molecule has 1 heterocycles. The molecule has 2 rings (SSSR count). The summed E-state index contributed by atoms with van der Waals surface area (Å²) < 4.78 is 36.7. The Morgan fingerprint density at radius 2 is 1.74 bits per heavy atom. The first-order valence-corrected chi connectivity index (χ1v) is 8.53. The Labute approximate surface area is 144 Å². The molecule has 6 nitrogen and oxygen atoms in total. The summed E-state index contributed by atoms with van der Waals surface area (Å²) in [6.45, 7) is 0. The van der Waals surface area contributed by atoms with Gasteiger partial charge in [0.2, 0.25) is 0 Å². The molecule has 23 heavy (non-hydrogen) atoms. The minimum atomic E-state index is -3.84. The molecule has 1 aromatic carbocycles. The van der Waals surface area contributed by atoms with Crippen molar-refractivity contribution in [1.29, 1.82) is 0 Å². The lowest BCUT2D eigenvalue weighted by Gasteiger charge is -2.20. The van der Waals surface area contributed by atoms with Crippen molar-refractivity contribution in [1.82, 2.24) is 4.98 Å². The maximum atomic E-state index is 12.7. The number of hydrogen-bond donors (Lipinski definition) is 0. The topological polar surface area (TPSA) is 68.7 Å². The zero-order valence-electron chi connectivity index (χ0n) is 12.6. The van der Waals surface area contributed by atoms with E-state index in [1.807, 2.05) is 0 Å². The van der Waals surface area contributed by atoms with Crippen molar-refractivity contribution in [2.24, 2.45) is 0 Å². The van der Waals surface area contributed by atoms with Gasteiger partial charge in [0.1, 0.15) is 10.0 Å². The number of anilines is 1. The largest absolute Gasteiger partial charge is 0.493 e. The number of pyridine rings is 1. The molecule has 0 amide bonds.